The second kappa shape index (κ2) is 12.9. The first-order valence-corrected chi connectivity index (χ1v) is 13.7. The van der Waals surface area contributed by atoms with E-state index in [4.69, 9.17) is 5.73 Å². The molecule has 0 saturated carbocycles. The smallest absolute Gasteiger partial charge is 0.254 e. The number of β-amino-alcohol motifs (C(OH)–C–C–N with tert-alkyl or cyclic N) is 1. The monoisotopic (exact) mass is 550 g/mol. The normalized spacial score (nSPS) is 19.1. The SMILES string of the molecule is Cc1c(O)cccc1C(=O)N[C@@H](Cc1ccccc1)[C@H](O)C(=O)N1C[C@H](O)C[C@H]1C(N)=NCCc1cccs1. The number of carbonyl (C=O) groups excluding carboxylic acids is 2. The van der Waals surface area contributed by atoms with E-state index in [9.17, 15) is 24.9 Å². The van der Waals surface area contributed by atoms with E-state index in [2.05, 4.69) is 10.3 Å². The van der Waals surface area contributed by atoms with Crippen molar-refractivity contribution in [2.24, 2.45) is 10.7 Å². The summed E-state index contributed by atoms with van der Waals surface area (Å²) in [5.74, 6) is -0.977. The summed E-state index contributed by atoms with van der Waals surface area (Å²) in [4.78, 5) is 33.7. The van der Waals surface area contributed by atoms with Crippen LogP contribution in [0.1, 0.15) is 32.8 Å². The maximum Gasteiger partial charge on any atom is 0.254 e. The number of amides is 2. The summed E-state index contributed by atoms with van der Waals surface area (Å²) < 4.78 is 0. The summed E-state index contributed by atoms with van der Waals surface area (Å²) in [7, 11) is 0. The topological polar surface area (TPSA) is 148 Å². The van der Waals surface area contributed by atoms with Crippen LogP contribution in [-0.4, -0.2) is 75.3 Å². The Balaban J connectivity index is 1.53. The van der Waals surface area contributed by atoms with Crippen molar-refractivity contribution in [3.8, 4) is 5.75 Å². The highest BCUT2D eigenvalue weighted by Crippen LogP contribution is 2.23. The number of hydrogen-bond donors (Lipinski definition) is 5. The van der Waals surface area contributed by atoms with Gasteiger partial charge in [-0.2, -0.15) is 0 Å². The second-order valence-corrected chi connectivity index (χ2v) is 10.7. The highest BCUT2D eigenvalue weighted by atomic mass is 32.1. The Bertz CT molecular complexity index is 1300. The molecule has 6 N–H and O–H groups in total. The molecule has 4 rings (SSSR count). The zero-order valence-corrected chi connectivity index (χ0v) is 22.6. The van der Waals surface area contributed by atoms with Crippen LogP contribution in [0.25, 0.3) is 0 Å². The van der Waals surface area contributed by atoms with Crippen LogP contribution >= 0.6 is 11.3 Å². The molecule has 9 nitrogen and oxygen atoms in total. The van der Waals surface area contributed by atoms with Gasteiger partial charge >= 0.3 is 0 Å². The number of rotatable bonds is 10. The lowest BCUT2D eigenvalue weighted by atomic mass is 9.98. The highest BCUT2D eigenvalue weighted by molar-refractivity contribution is 7.09. The number of phenols is 1. The summed E-state index contributed by atoms with van der Waals surface area (Å²) >= 11 is 1.63. The van der Waals surface area contributed by atoms with Crippen LogP contribution in [0.4, 0.5) is 0 Å². The Kier molecular flexibility index (Phi) is 9.34. The van der Waals surface area contributed by atoms with Crippen molar-refractivity contribution in [3.63, 3.8) is 0 Å². The van der Waals surface area contributed by atoms with Crippen molar-refractivity contribution in [1.29, 1.82) is 0 Å². The van der Waals surface area contributed by atoms with Crippen LogP contribution in [0.5, 0.6) is 5.75 Å². The molecule has 0 unspecified atom stereocenters. The largest absolute Gasteiger partial charge is 0.508 e. The van der Waals surface area contributed by atoms with Gasteiger partial charge in [0.05, 0.1) is 18.2 Å². The van der Waals surface area contributed by atoms with E-state index in [1.165, 1.54) is 15.8 Å². The molecule has 0 spiro atoms. The third-order valence-corrected chi connectivity index (χ3v) is 7.87. The van der Waals surface area contributed by atoms with Gasteiger partial charge in [-0.1, -0.05) is 42.5 Å². The van der Waals surface area contributed by atoms with Crippen molar-refractivity contribution in [2.45, 2.75) is 50.5 Å². The Hall–Kier alpha value is -3.73. The Morgan fingerprint density at radius 3 is 2.64 bits per heavy atom. The van der Waals surface area contributed by atoms with Gasteiger partial charge in [-0.25, -0.2) is 0 Å². The van der Waals surface area contributed by atoms with Gasteiger partial charge in [0, 0.05) is 41.9 Å². The number of aliphatic hydroxyl groups excluding tert-OH is 2. The summed E-state index contributed by atoms with van der Waals surface area (Å²) in [6.45, 7) is 2.06. The average Bonchev–Trinajstić information content (AvgIpc) is 3.59. The number of aliphatic hydroxyl groups is 2. The fourth-order valence-electron chi connectivity index (χ4n) is 4.76. The van der Waals surface area contributed by atoms with Gasteiger partial charge in [0.2, 0.25) is 0 Å². The molecule has 39 heavy (non-hydrogen) atoms. The molecule has 2 heterocycles. The third kappa shape index (κ3) is 7.03. The number of nitrogens with zero attached hydrogens (tertiary/aromatic N) is 2. The molecule has 206 valence electrons. The highest BCUT2D eigenvalue weighted by Gasteiger charge is 2.41. The number of thiophene rings is 1. The number of benzene rings is 2. The van der Waals surface area contributed by atoms with Gasteiger partial charge in [-0.3, -0.25) is 14.6 Å². The fraction of sp³-hybridized carbons (Fsp3) is 0.345. The van der Waals surface area contributed by atoms with Crippen molar-refractivity contribution in [2.75, 3.05) is 13.1 Å². The lowest BCUT2D eigenvalue weighted by Crippen LogP contribution is -2.55. The molecule has 10 heteroatoms. The molecule has 1 aliphatic heterocycles. The molecule has 2 aromatic carbocycles. The number of hydrogen-bond acceptors (Lipinski definition) is 7. The number of likely N-dealkylation sites (tertiary alicyclic amines) is 1. The molecular weight excluding hydrogens is 516 g/mol. The van der Waals surface area contributed by atoms with E-state index in [1.807, 2.05) is 47.8 Å². The minimum Gasteiger partial charge on any atom is -0.508 e. The van der Waals surface area contributed by atoms with Gasteiger partial charge in [-0.05, 0) is 42.5 Å². The molecule has 2 amide bonds. The minimum atomic E-state index is -1.61. The van der Waals surface area contributed by atoms with Crippen molar-refractivity contribution < 1.29 is 24.9 Å². The van der Waals surface area contributed by atoms with E-state index >= 15 is 0 Å². The predicted molar refractivity (Wildman–Crippen MR) is 151 cm³/mol. The van der Waals surface area contributed by atoms with E-state index in [1.54, 1.807) is 30.4 Å². The molecule has 1 aliphatic rings. The molecule has 1 fully saturated rings. The van der Waals surface area contributed by atoms with E-state index in [0.717, 1.165) is 5.56 Å². The van der Waals surface area contributed by atoms with Crippen LogP contribution < -0.4 is 11.1 Å². The number of amidine groups is 1. The lowest BCUT2D eigenvalue weighted by molar-refractivity contribution is -0.141. The number of aromatic hydroxyl groups is 1. The van der Waals surface area contributed by atoms with Gasteiger partial charge < -0.3 is 31.3 Å². The molecule has 1 aromatic heterocycles. The van der Waals surface area contributed by atoms with Crippen LogP contribution in [0.15, 0.2) is 71.0 Å². The summed E-state index contributed by atoms with van der Waals surface area (Å²) in [5.41, 5.74) is 7.72. The summed E-state index contributed by atoms with van der Waals surface area (Å²) in [5, 5.41) is 36.5. The number of nitrogens with one attached hydrogen (secondary N) is 1. The van der Waals surface area contributed by atoms with Crippen LogP contribution in [-0.2, 0) is 17.6 Å². The maximum absolute atomic E-state index is 13.6. The van der Waals surface area contributed by atoms with Crippen molar-refractivity contribution in [1.82, 2.24) is 10.2 Å². The first-order valence-electron chi connectivity index (χ1n) is 12.9. The third-order valence-electron chi connectivity index (χ3n) is 6.94. The molecule has 3 aromatic rings. The van der Waals surface area contributed by atoms with Crippen LogP contribution in [0.3, 0.4) is 0 Å². The molecule has 1 saturated heterocycles. The van der Waals surface area contributed by atoms with Gasteiger partial charge in [-0.15, -0.1) is 11.3 Å². The summed E-state index contributed by atoms with van der Waals surface area (Å²) in [6.07, 6.45) is -1.31. The molecule has 4 atom stereocenters. The van der Waals surface area contributed by atoms with Gasteiger partial charge in [0.25, 0.3) is 11.8 Å². The molecular formula is C29H34N4O5S. The van der Waals surface area contributed by atoms with E-state index in [0.29, 0.717) is 18.5 Å². The van der Waals surface area contributed by atoms with Gasteiger partial charge in [0.1, 0.15) is 11.6 Å². The first-order chi connectivity index (χ1) is 18.7. The number of nitrogens with two attached hydrogens (primary N) is 1. The molecule has 0 radical (unpaired) electrons. The number of aliphatic imine (C=N–C) groups is 1. The number of phenolic OH excluding ortho intramolecular Hbond substituents is 1. The maximum atomic E-state index is 13.6. The van der Waals surface area contributed by atoms with Crippen molar-refractivity contribution in [3.05, 3.63) is 87.6 Å². The van der Waals surface area contributed by atoms with Crippen LogP contribution in [0, 0.1) is 6.92 Å². The fourth-order valence-corrected chi connectivity index (χ4v) is 5.46. The minimum absolute atomic E-state index is 0.000621. The van der Waals surface area contributed by atoms with Crippen molar-refractivity contribution >= 4 is 29.0 Å². The first kappa shape index (κ1) is 28.3. The molecule has 0 bridgehead atoms. The van der Waals surface area contributed by atoms with Gasteiger partial charge in [0.15, 0.2) is 6.10 Å². The van der Waals surface area contributed by atoms with E-state index in [-0.39, 0.29) is 36.5 Å². The Labute approximate surface area is 231 Å². The quantitative estimate of drug-likeness (QED) is 0.193. The van der Waals surface area contributed by atoms with Crippen LogP contribution in [0.2, 0.25) is 0 Å². The molecule has 0 aliphatic carbocycles. The predicted octanol–water partition coefficient (Wildman–Crippen LogP) is 2.03. The second-order valence-electron chi connectivity index (χ2n) is 9.70. The Morgan fingerprint density at radius 1 is 1.15 bits per heavy atom. The summed E-state index contributed by atoms with van der Waals surface area (Å²) in [6, 6.07) is 16.2. The average molecular weight is 551 g/mol. The zero-order chi connectivity index (χ0) is 27.9. The lowest BCUT2D eigenvalue weighted by Gasteiger charge is -2.30. The van der Waals surface area contributed by atoms with E-state index < -0.39 is 36.1 Å². The zero-order valence-electron chi connectivity index (χ0n) is 21.7. The standard InChI is InChI=1S/C29H34N4O5S/c1-18-22(10-5-11-25(18)35)28(37)32-23(15-19-7-3-2-4-8-19)26(36)29(38)33-17-20(34)16-24(33)27(30)31-13-12-21-9-6-14-39-21/h2-11,14,20,23-24,26,34-36H,12-13,15-17H2,1H3,(H2,30,31)(H,32,37)/t20-,23+,24+,26+/m1/s1. The Morgan fingerprint density at radius 2 is 1.92 bits per heavy atom. The number of carbonyl (C=O) groups is 2.